The molecule has 1 heterocycles. The lowest BCUT2D eigenvalue weighted by Gasteiger charge is -2.41. The second-order valence-electron chi connectivity index (χ2n) is 6.37. The van der Waals surface area contributed by atoms with Crippen LogP contribution in [-0.2, 0) is 0 Å². The van der Waals surface area contributed by atoms with Crippen molar-refractivity contribution in [1.29, 1.82) is 0 Å². The first kappa shape index (κ1) is 13.1. The molecule has 0 bridgehead atoms. The smallest absolute Gasteiger partial charge is 0.0636 e. The molecule has 0 unspecified atom stereocenters. The number of fused-ring (bicyclic) bond motifs is 3. The van der Waals surface area contributed by atoms with E-state index in [2.05, 4.69) is 66.5 Å². The third-order valence-corrected chi connectivity index (χ3v) is 5.26. The van der Waals surface area contributed by atoms with Gasteiger partial charge in [0.2, 0.25) is 0 Å². The van der Waals surface area contributed by atoms with E-state index in [9.17, 15) is 5.11 Å². The van der Waals surface area contributed by atoms with Crippen LogP contribution in [0.1, 0.15) is 34.9 Å². The number of piperidine rings is 1. The highest BCUT2D eigenvalue weighted by Crippen LogP contribution is 2.50. The molecule has 0 radical (unpaired) electrons. The van der Waals surface area contributed by atoms with Gasteiger partial charge in [-0.2, -0.15) is 0 Å². The van der Waals surface area contributed by atoms with Gasteiger partial charge in [0, 0.05) is 24.4 Å². The molecular weight excluding hydrogens is 258 g/mol. The lowest BCUT2D eigenvalue weighted by atomic mass is 9.82. The maximum atomic E-state index is 10.6. The molecule has 1 saturated heterocycles. The molecule has 2 heteroatoms. The lowest BCUT2D eigenvalue weighted by Crippen LogP contribution is -2.47. The lowest BCUT2D eigenvalue weighted by molar-refractivity contribution is 0.0337. The Hall–Kier alpha value is -1.64. The molecule has 21 heavy (non-hydrogen) atoms. The Kier molecular flexibility index (Phi) is 3.09. The molecule has 2 nitrogen and oxygen atoms in total. The molecule has 0 saturated carbocycles. The summed E-state index contributed by atoms with van der Waals surface area (Å²) in [6, 6.07) is 19.8. The molecule has 108 valence electrons. The minimum Gasteiger partial charge on any atom is -0.392 e. The summed E-state index contributed by atoms with van der Waals surface area (Å²) >= 11 is 0. The van der Waals surface area contributed by atoms with E-state index in [1.54, 1.807) is 0 Å². The second kappa shape index (κ2) is 4.97. The van der Waals surface area contributed by atoms with Gasteiger partial charge in [0.15, 0.2) is 0 Å². The second-order valence-corrected chi connectivity index (χ2v) is 6.37. The number of aliphatic hydroxyl groups is 1. The maximum absolute atomic E-state index is 10.6. The van der Waals surface area contributed by atoms with Crippen molar-refractivity contribution in [3.63, 3.8) is 0 Å². The summed E-state index contributed by atoms with van der Waals surface area (Å²) in [5.41, 5.74) is 4.10. The number of rotatable bonds is 1. The number of benzene rings is 2. The van der Waals surface area contributed by atoms with Crippen LogP contribution in [0.3, 0.4) is 0 Å². The fourth-order valence-electron chi connectivity index (χ4n) is 4.34. The molecule has 1 aliphatic heterocycles. The molecule has 1 N–H and O–H groups in total. The van der Waals surface area contributed by atoms with Gasteiger partial charge < -0.3 is 10.0 Å². The van der Waals surface area contributed by atoms with E-state index in [-0.39, 0.29) is 12.0 Å². The fraction of sp³-hybridized carbons (Fsp3) is 0.368. The van der Waals surface area contributed by atoms with Crippen molar-refractivity contribution in [1.82, 2.24) is 4.90 Å². The van der Waals surface area contributed by atoms with Crippen LogP contribution in [0.15, 0.2) is 54.6 Å². The molecule has 2 aromatic carbocycles. The van der Waals surface area contributed by atoms with Gasteiger partial charge in [-0.25, -0.2) is 0 Å². The van der Waals surface area contributed by atoms with Crippen molar-refractivity contribution in [2.24, 2.45) is 0 Å². The molecule has 2 aromatic rings. The third-order valence-electron chi connectivity index (χ3n) is 5.26. The summed E-state index contributed by atoms with van der Waals surface area (Å²) in [5.74, 6) is 0.609. The van der Waals surface area contributed by atoms with Crippen LogP contribution in [0, 0.1) is 0 Å². The van der Waals surface area contributed by atoms with Crippen LogP contribution in [0.25, 0.3) is 0 Å². The number of likely N-dealkylation sites (tertiary alicyclic amines) is 1. The summed E-state index contributed by atoms with van der Waals surface area (Å²) in [6.45, 7) is 0.972. The quantitative estimate of drug-likeness (QED) is 0.867. The number of nitrogens with zero attached hydrogens (tertiary/aromatic N) is 1. The van der Waals surface area contributed by atoms with Crippen LogP contribution in [0.4, 0.5) is 0 Å². The molecule has 4 atom stereocenters. The van der Waals surface area contributed by atoms with Crippen molar-refractivity contribution in [2.75, 3.05) is 13.6 Å². The number of likely N-dealkylation sites (N-methyl/N-ethyl adjacent to an activating group) is 1. The summed E-state index contributed by atoms with van der Waals surface area (Å²) in [7, 11) is 2.20. The number of hydrogen-bond donors (Lipinski definition) is 1. The standard InChI is InChI=1S/C19H21NO/c1-20-12-11-16(21)18-15-10-6-5-9-14(15)17(19(18)20)13-7-3-2-4-8-13/h2-10,16-19,21H,11-12H2,1H3/t16-,17-,18-,19-/m1/s1. The molecule has 1 fully saturated rings. The average Bonchev–Trinajstić information content (AvgIpc) is 2.88. The van der Waals surface area contributed by atoms with Crippen molar-refractivity contribution in [3.05, 3.63) is 71.3 Å². The first-order chi connectivity index (χ1) is 10.3. The zero-order valence-electron chi connectivity index (χ0n) is 12.3. The predicted octanol–water partition coefficient (Wildman–Crippen LogP) is 2.98. The Morgan fingerprint density at radius 2 is 1.62 bits per heavy atom. The van der Waals surface area contributed by atoms with Crippen molar-refractivity contribution in [3.8, 4) is 0 Å². The van der Waals surface area contributed by atoms with E-state index in [0.717, 1.165) is 13.0 Å². The van der Waals surface area contributed by atoms with Crippen LogP contribution >= 0.6 is 0 Å². The zero-order valence-corrected chi connectivity index (χ0v) is 12.3. The van der Waals surface area contributed by atoms with Gasteiger partial charge in [-0.15, -0.1) is 0 Å². The summed E-state index contributed by atoms with van der Waals surface area (Å²) in [6.07, 6.45) is 0.647. The average molecular weight is 279 g/mol. The molecule has 0 amide bonds. The first-order valence-electron chi connectivity index (χ1n) is 7.79. The molecule has 1 aliphatic carbocycles. The Labute approximate surface area is 126 Å². The number of hydrogen-bond acceptors (Lipinski definition) is 2. The van der Waals surface area contributed by atoms with Gasteiger partial charge in [0.05, 0.1) is 6.10 Å². The van der Waals surface area contributed by atoms with Gasteiger partial charge in [-0.3, -0.25) is 0 Å². The van der Waals surface area contributed by atoms with Gasteiger partial charge in [-0.05, 0) is 30.2 Å². The van der Waals surface area contributed by atoms with Crippen LogP contribution in [-0.4, -0.2) is 35.7 Å². The molecule has 2 aliphatic rings. The van der Waals surface area contributed by atoms with Crippen molar-refractivity contribution < 1.29 is 5.11 Å². The Morgan fingerprint density at radius 3 is 2.38 bits per heavy atom. The van der Waals surface area contributed by atoms with E-state index in [4.69, 9.17) is 0 Å². The van der Waals surface area contributed by atoms with Gasteiger partial charge in [0.1, 0.15) is 0 Å². The first-order valence-corrected chi connectivity index (χ1v) is 7.79. The minimum absolute atomic E-state index is 0.221. The van der Waals surface area contributed by atoms with Crippen molar-refractivity contribution >= 4 is 0 Å². The van der Waals surface area contributed by atoms with Crippen molar-refractivity contribution in [2.45, 2.75) is 30.4 Å². The maximum Gasteiger partial charge on any atom is 0.0636 e. The summed E-state index contributed by atoms with van der Waals surface area (Å²) < 4.78 is 0. The topological polar surface area (TPSA) is 23.5 Å². The molecule has 4 rings (SSSR count). The van der Waals surface area contributed by atoms with E-state index >= 15 is 0 Å². The highest BCUT2D eigenvalue weighted by Gasteiger charge is 2.48. The summed E-state index contributed by atoms with van der Waals surface area (Å²) in [5, 5.41) is 10.6. The Morgan fingerprint density at radius 1 is 0.952 bits per heavy atom. The Balaban J connectivity index is 1.89. The predicted molar refractivity (Wildman–Crippen MR) is 84.5 cm³/mol. The Bertz CT molecular complexity index is 639. The van der Waals surface area contributed by atoms with Crippen LogP contribution in [0.2, 0.25) is 0 Å². The van der Waals surface area contributed by atoms with E-state index in [1.165, 1.54) is 16.7 Å². The highest BCUT2D eigenvalue weighted by molar-refractivity contribution is 5.49. The van der Waals surface area contributed by atoms with Gasteiger partial charge in [-0.1, -0.05) is 54.6 Å². The van der Waals surface area contributed by atoms with E-state index in [1.807, 2.05) is 0 Å². The summed E-state index contributed by atoms with van der Waals surface area (Å²) in [4.78, 5) is 2.44. The number of aliphatic hydroxyl groups excluding tert-OH is 1. The van der Waals surface area contributed by atoms with Gasteiger partial charge in [0.25, 0.3) is 0 Å². The minimum atomic E-state index is -0.221. The van der Waals surface area contributed by atoms with Crippen LogP contribution < -0.4 is 0 Å². The monoisotopic (exact) mass is 279 g/mol. The third kappa shape index (κ3) is 1.94. The largest absolute Gasteiger partial charge is 0.392 e. The fourth-order valence-corrected chi connectivity index (χ4v) is 4.34. The normalized spacial score (nSPS) is 31.7. The molecule has 0 spiro atoms. The van der Waals surface area contributed by atoms with Crippen LogP contribution in [0.5, 0.6) is 0 Å². The van der Waals surface area contributed by atoms with E-state index in [0.29, 0.717) is 12.0 Å². The highest BCUT2D eigenvalue weighted by atomic mass is 16.3. The zero-order chi connectivity index (χ0) is 14.4. The SMILES string of the molecule is CN1CC[C@@H](O)[C@H]2c3ccccc3[C@@H](c3ccccc3)[C@H]21. The molecular formula is C19H21NO. The molecule has 0 aromatic heterocycles. The van der Waals surface area contributed by atoms with Gasteiger partial charge >= 0.3 is 0 Å². The van der Waals surface area contributed by atoms with E-state index < -0.39 is 0 Å².